The van der Waals surface area contributed by atoms with Crippen LogP contribution in [0.4, 0.5) is 5.69 Å². The molecule has 1 aliphatic carbocycles. The Balaban J connectivity index is 1.61. The highest BCUT2D eigenvalue weighted by molar-refractivity contribution is 7.89. The number of nitrogens with one attached hydrogen (secondary N) is 2. The highest BCUT2D eigenvalue weighted by Crippen LogP contribution is 2.25. The Morgan fingerprint density at radius 2 is 1.67 bits per heavy atom. The first-order valence-corrected chi connectivity index (χ1v) is 10.6. The standard InChI is InChI=1S/C20H24N2O4S/c1-2-21-27(24,25)19-13-7-15(8-14-19)20(23)22-16-9-11-18(12-10-16)26-17-5-3-4-6-17/h7-14,17,21H,2-6H2,1H3,(H,22,23). The molecule has 0 aliphatic heterocycles. The Morgan fingerprint density at radius 1 is 1.04 bits per heavy atom. The number of carbonyl (C=O) groups excluding carboxylic acids is 1. The van der Waals surface area contributed by atoms with E-state index in [1.54, 1.807) is 19.1 Å². The van der Waals surface area contributed by atoms with Gasteiger partial charge in [0, 0.05) is 17.8 Å². The number of rotatable bonds is 7. The third-order valence-corrected chi connectivity index (χ3v) is 6.04. The van der Waals surface area contributed by atoms with Gasteiger partial charge in [0.25, 0.3) is 5.91 Å². The van der Waals surface area contributed by atoms with E-state index < -0.39 is 10.0 Å². The molecule has 144 valence electrons. The fraction of sp³-hybridized carbons (Fsp3) is 0.350. The van der Waals surface area contributed by atoms with E-state index in [1.165, 1.54) is 37.1 Å². The van der Waals surface area contributed by atoms with Crippen molar-refractivity contribution in [1.82, 2.24) is 4.72 Å². The summed E-state index contributed by atoms with van der Waals surface area (Å²) in [6, 6.07) is 13.1. The van der Waals surface area contributed by atoms with Gasteiger partial charge in [0.15, 0.2) is 0 Å². The van der Waals surface area contributed by atoms with Crippen molar-refractivity contribution in [3.63, 3.8) is 0 Å². The van der Waals surface area contributed by atoms with Gasteiger partial charge >= 0.3 is 0 Å². The van der Waals surface area contributed by atoms with Crippen LogP contribution in [-0.2, 0) is 10.0 Å². The zero-order valence-corrected chi connectivity index (χ0v) is 16.1. The van der Waals surface area contributed by atoms with Gasteiger partial charge in [0.05, 0.1) is 11.0 Å². The molecule has 1 amide bonds. The van der Waals surface area contributed by atoms with Crippen LogP contribution in [0.3, 0.4) is 0 Å². The zero-order valence-electron chi connectivity index (χ0n) is 15.3. The van der Waals surface area contributed by atoms with Crippen molar-refractivity contribution < 1.29 is 17.9 Å². The predicted octanol–water partition coefficient (Wildman–Crippen LogP) is 3.56. The highest BCUT2D eigenvalue weighted by Gasteiger charge is 2.16. The SMILES string of the molecule is CCNS(=O)(=O)c1ccc(C(=O)Nc2ccc(OC3CCCC3)cc2)cc1. The Bertz CT molecular complexity index is 871. The van der Waals surface area contributed by atoms with Crippen LogP contribution in [0.15, 0.2) is 53.4 Å². The highest BCUT2D eigenvalue weighted by atomic mass is 32.2. The first kappa shape index (κ1) is 19.4. The fourth-order valence-corrected chi connectivity index (χ4v) is 4.12. The van der Waals surface area contributed by atoms with Crippen molar-refractivity contribution in [1.29, 1.82) is 0 Å². The van der Waals surface area contributed by atoms with Gasteiger partial charge in [-0.25, -0.2) is 13.1 Å². The molecule has 0 radical (unpaired) electrons. The second-order valence-corrected chi connectivity index (χ2v) is 8.30. The summed E-state index contributed by atoms with van der Waals surface area (Å²) in [6.45, 7) is 2.02. The van der Waals surface area contributed by atoms with Gasteiger partial charge in [0.1, 0.15) is 5.75 Å². The van der Waals surface area contributed by atoms with E-state index in [-0.39, 0.29) is 10.8 Å². The van der Waals surface area contributed by atoms with Gasteiger partial charge in [0.2, 0.25) is 10.0 Å². The molecule has 0 heterocycles. The maximum Gasteiger partial charge on any atom is 0.255 e. The average molecular weight is 388 g/mol. The molecule has 0 bridgehead atoms. The number of hydrogen-bond donors (Lipinski definition) is 2. The van der Waals surface area contributed by atoms with Crippen LogP contribution in [0, 0.1) is 0 Å². The zero-order chi connectivity index (χ0) is 19.3. The number of amides is 1. The number of carbonyl (C=O) groups is 1. The molecule has 1 fully saturated rings. The Kier molecular flexibility index (Phi) is 6.13. The van der Waals surface area contributed by atoms with Crippen LogP contribution in [0.25, 0.3) is 0 Å². The lowest BCUT2D eigenvalue weighted by Crippen LogP contribution is -2.23. The number of ether oxygens (including phenoxy) is 1. The van der Waals surface area contributed by atoms with Crippen molar-refractivity contribution >= 4 is 21.6 Å². The minimum Gasteiger partial charge on any atom is -0.490 e. The molecule has 0 spiro atoms. The largest absolute Gasteiger partial charge is 0.490 e. The van der Waals surface area contributed by atoms with Gasteiger partial charge in [-0.15, -0.1) is 0 Å². The normalized spacial score (nSPS) is 14.9. The molecule has 27 heavy (non-hydrogen) atoms. The number of sulfonamides is 1. The van der Waals surface area contributed by atoms with Crippen LogP contribution in [-0.4, -0.2) is 27.0 Å². The molecule has 3 rings (SSSR count). The van der Waals surface area contributed by atoms with Gasteiger partial charge in [-0.2, -0.15) is 0 Å². The van der Waals surface area contributed by atoms with Crippen molar-refractivity contribution in [3.8, 4) is 5.75 Å². The molecule has 0 unspecified atom stereocenters. The minimum absolute atomic E-state index is 0.134. The van der Waals surface area contributed by atoms with Crippen molar-refractivity contribution in [2.75, 3.05) is 11.9 Å². The van der Waals surface area contributed by atoms with Crippen LogP contribution < -0.4 is 14.8 Å². The molecule has 7 heteroatoms. The fourth-order valence-electron chi connectivity index (χ4n) is 3.08. The van der Waals surface area contributed by atoms with Gasteiger partial charge in [-0.05, 0) is 74.2 Å². The van der Waals surface area contributed by atoms with Crippen LogP contribution >= 0.6 is 0 Å². The van der Waals surface area contributed by atoms with E-state index in [9.17, 15) is 13.2 Å². The lowest BCUT2D eigenvalue weighted by molar-refractivity contribution is 0.102. The molecule has 0 atom stereocenters. The molecule has 0 aromatic heterocycles. The first-order valence-electron chi connectivity index (χ1n) is 9.16. The summed E-state index contributed by atoms with van der Waals surface area (Å²) >= 11 is 0. The number of anilines is 1. The maximum absolute atomic E-state index is 12.4. The third kappa shape index (κ3) is 5.08. The van der Waals surface area contributed by atoms with Gasteiger partial charge < -0.3 is 10.1 Å². The monoisotopic (exact) mass is 388 g/mol. The summed E-state index contributed by atoms with van der Waals surface area (Å²) in [4.78, 5) is 12.5. The van der Waals surface area contributed by atoms with Crippen LogP contribution in [0.2, 0.25) is 0 Å². The first-order chi connectivity index (χ1) is 13.0. The summed E-state index contributed by atoms with van der Waals surface area (Å²) in [6.07, 6.45) is 4.92. The smallest absolute Gasteiger partial charge is 0.255 e. The van der Waals surface area contributed by atoms with E-state index in [4.69, 9.17) is 4.74 Å². The summed E-state index contributed by atoms with van der Waals surface area (Å²) in [5.74, 6) is 0.504. The van der Waals surface area contributed by atoms with Gasteiger partial charge in [-0.3, -0.25) is 4.79 Å². The third-order valence-electron chi connectivity index (χ3n) is 4.48. The Morgan fingerprint density at radius 3 is 2.26 bits per heavy atom. The number of hydrogen-bond acceptors (Lipinski definition) is 4. The summed E-state index contributed by atoms with van der Waals surface area (Å²) in [7, 11) is -3.52. The summed E-state index contributed by atoms with van der Waals surface area (Å²) in [5, 5.41) is 2.80. The summed E-state index contributed by atoms with van der Waals surface area (Å²) in [5.41, 5.74) is 1.04. The molecular weight excluding hydrogens is 364 g/mol. The van der Waals surface area contributed by atoms with Crippen molar-refractivity contribution in [3.05, 3.63) is 54.1 Å². The van der Waals surface area contributed by atoms with Crippen LogP contribution in [0.1, 0.15) is 43.0 Å². The molecule has 0 saturated heterocycles. The van der Waals surface area contributed by atoms with Crippen LogP contribution in [0.5, 0.6) is 5.75 Å². The predicted molar refractivity (Wildman–Crippen MR) is 105 cm³/mol. The van der Waals surface area contributed by atoms with Crippen molar-refractivity contribution in [2.45, 2.75) is 43.6 Å². The quantitative estimate of drug-likeness (QED) is 0.760. The molecular formula is C20H24N2O4S. The van der Waals surface area contributed by atoms with E-state index in [2.05, 4.69) is 10.0 Å². The maximum atomic E-state index is 12.4. The molecule has 1 saturated carbocycles. The Hall–Kier alpha value is -2.38. The average Bonchev–Trinajstić information content (AvgIpc) is 3.16. The molecule has 2 aromatic carbocycles. The molecule has 6 nitrogen and oxygen atoms in total. The second kappa shape index (κ2) is 8.54. The van der Waals surface area contributed by atoms with E-state index in [0.717, 1.165) is 18.6 Å². The van der Waals surface area contributed by atoms with E-state index in [1.807, 2.05) is 12.1 Å². The second-order valence-electron chi connectivity index (χ2n) is 6.53. The van der Waals surface area contributed by atoms with E-state index >= 15 is 0 Å². The lowest BCUT2D eigenvalue weighted by Gasteiger charge is -2.13. The van der Waals surface area contributed by atoms with Crippen molar-refractivity contribution in [2.24, 2.45) is 0 Å². The molecule has 2 N–H and O–H groups in total. The molecule has 1 aliphatic rings. The lowest BCUT2D eigenvalue weighted by atomic mass is 10.2. The summed E-state index contributed by atoms with van der Waals surface area (Å²) < 4.78 is 32.2. The number of benzene rings is 2. The van der Waals surface area contributed by atoms with Gasteiger partial charge in [-0.1, -0.05) is 6.92 Å². The van der Waals surface area contributed by atoms with E-state index in [0.29, 0.717) is 23.9 Å². The minimum atomic E-state index is -3.52. The Labute approximate surface area is 160 Å². The molecule has 2 aromatic rings. The topological polar surface area (TPSA) is 84.5 Å².